The molecule has 0 aliphatic carbocycles. The Bertz CT molecular complexity index is 503. The van der Waals surface area contributed by atoms with Crippen molar-refractivity contribution in [3.8, 4) is 0 Å². The van der Waals surface area contributed by atoms with Crippen LogP contribution in [0.25, 0.3) is 0 Å². The minimum atomic E-state index is 0.0830. The molecule has 3 heterocycles. The standard InChI is InChI=1S/C14H25N7O/c1-2-3-8-21-13(16-17-18-21)11-19-7-4-5-12(10-19)20-9-6-15-14(20)22/h12H,2-11H2,1H3,(H,15,22)/t12-/m1/s1. The number of aryl methyl sites for hydroxylation is 1. The van der Waals surface area contributed by atoms with E-state index in [0.29, 0.717) is 6.04 Å². The fourth-order valence-corrected chi connectivity index (χ4v) is 3.28. The van der Waals surface area contributed by atoms with Gasteiger partial charge in [0.1, 0.15) is 0 Å². The van der Waals surface area contributed by atoms with Crippen LogP contribution in [0.4, 0.5) is 4.79 Å². The number of aromatic nitrogens is 4. The van der Waals surface area contributed by atoms with Gasteiger partial charge in [-0.25, -0.2) is 9.48 Å². The predicted molar refractivity (Wildman–Crippen MR) is 81.1 cm³/mol. The van der Waals surface area contributed by atoms with Crippen LogP contribution < -0.4 is 5.32 Å². The van der Waals surface area contributed by atoms with E-state index in [9.17, 15) is 4.79 Å². The molecule has 1 aromatic heterocycles. The number of likely N-dealkylation sites (tertiary alicyclic amines) is 1. The number of hydrogen-bond donors (Lipinski definition) is 1. The van der Waals surface area contributed by atoms with Gasteiger partial charge in [-0.1, -0.05) is 13.3 Å². The van der Waals surface area contributed by atoms with Gasteiger partial charge in [-0.05, 0) is 36.2 Å². The van der Waals surface area contributed by atoms with Crippen LogP contribution in [-0.4, -0.2) is 68.3 Å². The molecule has 122 valence electrons. The number of carbonyl (C=O) groups excluding carboxylic acids is 1. The summed E-state index contributed by atoms with van der Waals surface area (Å²) in [6.07, 6.45) is 4.43. The number of nitrogens with one attached hydrogen (secondary N) is 1. The summed E-state index contributed by atoms with van der Waals surface area (Å²) in [6.45, 7) is 7.37. The maximum Gasteiger partial charge on any atom is 0.317 e. The Kier molecular flexibility index (Phi) is 4.87. The molecular weight excluding hydrogens is 282 g/mol. The molecule has 2 saturated heterocycles. The molecular formula is C14H25N7O. The van der Waals surface area contributed by atoms with Crippen LogP contribution in [0, 0.1) is 0 Å². The second kappa shape index (κ2) is 7.04. The molecule has 0 saturated carbocycles. The lowest BCUT2D eigenvalue weighted by atomic mass is 10.0. The summed E-state index contributed by atoms with van der Waals surface area (Å²) in [5, 5.41) is 15.0. The van der Waals surface area contributed by atoms with Gasteiger partial charge in [0.05, 0.1) is 6.54 Å². The van der Waals surface area contributed by atoms with Gasteiger partial charge in [0.15, 0.2) is 5.82 Å². The van der Waals surface area contributed by atoms with E-state index in [4.69, 9.17) is 0 Å². The van der Waals surface area contributed by atoms with E-state index in [1.165, 1.54) is 0 Å². The summed E-state index contributed by atoms with van der Waals surface area (Å²) in [6, 6.07) is 0.399. The Labute approximate surface area is 130 Å². The maximum absolute atomic E-state index is 11.8. The summed E-state index contributed by atoms with van der Waals surface area (Å²) in [5.41, 5.74) is 0. The highest BCUT2D eigenvalue weighted by atomic mass is 16.2. The van der Waals surface area contributed by atoms with Gasteiger partial charge in [-0.3, -0.25) is 4.90 Å². The van der Waals surface area contributed by atoms with Crippen LogP contribution in [0.15, 0.2) is 0 Å². The molecule has 2 aliphatic rings. The number of nitrogens with zero attached hydrogens (tertiary/aromatic N) is 6. The van der Waals surface area contributed by atoms with Gasteiger partial charge < -0.3 is 10.2 Å². The number of hydrogen-bond acceptors (Lipinski definition) is 5. The van der Waals surface area contributed by atoms with E-state index in [2.05, 4.69) is 32.7 Å². The van der Waals surface area contributed by atoms with Crippen LogP contribution in [0.3, 0.4) is 0 Å². The summed E-state index contributed by atoms with van der Waals surface area (Å²) in [5.74, 6) is 0.931. The molecule has 1 aromatic rings. The molecule has 0 spiro atoms. The number of urea groups is 1. The van der Waals surface area contributed by atoms with Crippen molar-refractivity contribution >= 4 is 6.03 Å². The number of amides is 2. The van der Waals surface area contributed by atoms with Crippen molar-refractivity contribution < 1.29 is 4.79 Å². The van der Waals surface area contributed by atoms with Crippen LogP contribution in [0.2, 0.25) is 0 Å². The van der Waals surface area contributed by atoms with Gasteiger partial charge in [0, 0.05) is 32.2 Å². The van der Waals surface area contributed by atoms with Crippen LogP contribution in [0.5, 0.6) is 0 Å². The van der Waals surface area contributed by atoms with Crippen molar-refractivity contribution in [1.82, 2.24) is 35.3 Å². The summed E-state index contributed by atoms with van der Waals surface area (Å²) in [4.78, 5) is 16.2. The van der Waals surface area contributed by atoms with Crippen molar-refractivity contribution in [2.24, 2.45) is 0 Å². The fourth-order valence-electron chi connectivity index (χ4n) is 3.28. The van der Waals surface area contributed by atoms with Gasteiger partial charge in [-0.2, -0.15) is 0 Å². The smallest absolute Gasteiger partial charge is 0.317 e. The van der Waals surface area contributed by atoms with Crippen molar-refractivity contribution in [3.63, 3.8) is 0 Å². The van der Waals surface area contributed by atoms with E-state index in [0.717, 1.165) is 70.8 Å². The number of carbonyl (C=O) groups is 1. The van der Waals surface area contributed by atoms with E-state index in [1.54, 1.807) is 0 Å². The molecule has 2 amide bonds. The quantitative estimate of drug-likeness (QED) is 0.826. The first-order valence-electron chi connectivity index (χ1n) is 8.29. The molecule has 0 aromatic carbocycles. The third kappa shape index (κ3) is 3.37. The summed E-state index contributed by atoms with van der Waals surface area (Å²) < 4.78 is 1.91. The average molecular weight is 307 g/mol. The molecule has 0 unspecified atom stereocenters. The zero-order valence-electron chi connectivity index (χ0n) is 13.2. The summed E-state index contributed by atoms with van der Waals surface area (Å²) in [7, 11) is 0. The highest BCUT2D eigenvalue weighted by molar-refractivity contribution is 5.76. The Balaban J connectivity index is 1.58. The lowest BCUT2D eigenvalue weighted by molar-refractivity contribution is 0.119. The fraction of sp³-hybridized carbons (Fsp3) is 0.857. The minimum Gasteiger partial charge on any atom is -0.336 e. The SMILES string of the molecule is CCCCn1nnnc1CN1CCC[C@@H](N2CCNC2=O)C1. The molecule has 2 fully saturated rings. The Morgan fingerprint density at radius 1 is 1.36 bits per heavy atom. The lowest BCUT2D eigenvalue weighted by Gasteiger charge is -2.36. The molecule has 0 bridgehead atoms. The molecule has 3 rings (SSSR count). The van der Waals surface area contributed by atoms with Crippen molar-refractivity contribution in [2.75, 3.05) is 26.2 Å². The molecule has 8 heteroatoms. The first-order valence-corrected chi connectivity index (χ1v) is 8.29. The Morgan fingerprint density at radius 3 is 3.05 bits per heavy atom. The van der Waals surface area contributed by atoms with Crippen LogP contribution in [0.1, 0.15) is 38.4 Å². The van der Waals surface area contributed by atoms with E-state index < -0.39 is 0 Å². The molecule has 8 nitrogen and oxygen atoms in total. The monoisotopic (exact) mass is 307 g/mol. The largest absolute Gasteiger partial charge is 0.336 e. The van der Waals surface area contributed by atoms with E-state index in [-0.39, 0.29) is 6.03 Å². The van der Waals surface area contributed by atoms with Gasteiger partial charge in [-0.15, -0.1) is 5.10 Å². The van der Waals surface area contributed by atoms with Crippen molar-refractivity contribution in [2.45, 2.75) is 51.7 Å². The van der Waals surface area contributed by atoms with E-state index >= 15 is 0 Å². The normalized spacial score (nSPS) is 23.0. The second-order valence-corrected chi connectivity index (χ2v) is 6.13. The van der Waals surface area contributed by atoms with Crippen LogP contribution in [-0.2, 0) is 13.1 Å². The van der Waals surface area contributed by atoms with Crippen LogP contribution >= 0.6 is 0 Å². The maximum atomic E-state index is 11.8. The number of rotatable bonds is 6. The highest BCUT2D eigenvalue weighted by Gasteiger charge is 2.31. The number of unbranched alkanes of at least 4 members (excludes halogenated alkanes) is 1. The predicted octanol–water partition coefficient (Wildman–Crippen LogP) is 0.463. The third-order valence-electron chi connectivity index (χ3n) is 4.51. The Hall–Kier alpha value is -1.70. The van der Waals surface area contributed by atoms with Gasteiger partial charge in [0.2, 0.25) is 0 Å². The first-order chi connectivity index (χ1) is 10.8. The van der Waals surface area contributed by atoms with Crippen molar-refractivity contribution in [3.05, 3.63) is 5.82 Å². The molecule has 0 radical (unpaired) electrons. The highest BCUT2D eigenvalue weighted by Crippen LogP contribution is 2.19. The Morgan fingerprint density at radius 2 is 2.27 bits per heavy atom. The average Bonchev–Trinajstić information content (AvgIpc) is 3.14. The first kappa shape index (κ1) is 15.2. The van der Waals surface area contributed by atoms with E-state index in [1.807, 2.05) is 9.58 Å². The topological polar surface area (TPSA) is 79.2 Å². The number of tetrazole rings is 1. The molecule has 1 N–H and O–H groups in total. The molecule has 22 heavy (non-hydrogen) atoms. The zero-order chi connectivity index (χ0) is 15.4. The zero-order valence-corrected chi connectivity index (χ0v) is 13.2. The minimum absolute atomic E-state index is 0.0830. The van der Waals surface area contributed by atoms with Gasteiger partial charge in [0.25, 0.3) is 0 Å². The third-order valence-corrected chi connectivity index (χ3v) is 4.51. The van der Waals surface area contributed by atoms with Crippen molar-refractivity contribution in [1.29, 1.82) is 0 Å². The lowest BCUT2D eigenvalue weighted by Crippen LogP contribution is -2.48. The second-order valence-electron chi connectivity index (χ2n) is 6.13. The molecule has 1 atom stereocenters. The molecule has 2 aliphatic heterocycles. The number of piperidine rings is 1. The summed E-state index contributed by atoms with van der Waals surface area (Å²) >= 11 is 0. The van der Waals surface area contributed by atoms with Gasteiger partial charge >= 0.3 is 6.03 Å².